The summed E-state index contributed by atoms with van der Waals surface area (Å²) >= 11 is 0. The molecule has 0 unspecified atom stereocenters. The average Bonchev–Trinajstić information content (AvgIpc) is 2.72. The summed E-state index contributed by atoms with van der Waals surface area (Å²) in [6.07, 6.45) is 0.999. The van der Waals surface area contributed by atoms with E-state index in [2.05, 4.69) is 11.9 Å². The molecule has 1 aliphatic rings. The minimum absolute atomic E-state index is 0.0896. The van der Waals surface area contributed by atoms with Crippen LogP contribution in [0.5, 0.6) is 0 Å². The molecule has 2 aromatic rings. The number of benzene rings is 1. The van der Waals surface area contributed by atoms with Gasteiger partial charge in [-0.05, 0) is 64.2 Å². The van der Waals surface area contributed by atoms with Crippen LogP contribution in [0.3, 0.4) is 0 Å². The molecule has 0 radical (unpaired) electrons. The number of rotatable bonds is 2. The first kappa shape index (κ1) is 16.7. The Labute approximate surface area is 142 Å². The normalized spacial score (nSPS) is 16.2. The van der Waals surface area contributed by atoms with Crippen molar-refractivity contribution in [1.82, 2.24) is 14.4 Å². The number of aryl methyl sites for hydroxylation is 1. The maximum Gasteiger partial charge on any atom is 0.255 e. The molecule has 1 aliphatic heterocycles. The largest absolute Gasteiger partial charge is 0.337 e. The third kappa shape index (κ3) is 3.22. The number of halogens is 1. The molecule has 0 aliphatic carbocycles. The smallest absolute Gasteiger partial charge is 0.255 e. The maximum atomic E-state index is 13.2. The third-order valence-electron chi connectivity index (χ3n) is 4.75. The van der Waals surface area contributed by atoms with Crippen LogP contribution in [-0.2, 0) is 0 Å². The van der Waals surface area contributed by atoms with Crippen LogP contribution in [-0.4, -0.2) is 53.5 Å². The zero-order chi connectivity index (χ0) is 17.3. The molecular formula is C19H24FN3O. The molecule has 1 aromatic heterocycles. The minimum Gasteiger partial charge on any atom is -0.337 e. The highest BCUT2D eigenvalue weighted by Gasteiger charge is 2.23. The van der Waals surface area contributed by atoms with Crippen LogP contribution >= 0.6 is 0 Å². The minimum atomic E-state index is -0.258. The first-order valence-corrected chi connectivity index (χ1v) is 8.40. The van der Waals surface area contributed by atoms with Crippen molar-refractivity contribution in [3.05, 3.63) is 53.1 Å². The van der Waals surface area contributed by atoms with E-state index < -0.39 is 0 Å². The standard InChI is InChI=1S/C19H24FN3O/c1-14-13-18(19(24)22-10-4-9-21(3)11-12-22)15(2)23(14)17-7-5-16(20)6-8-17/h5-8,13H,4,9-12H2,1-3H3. The zero-order valence-corrected chi connectivity index (χ0v) is 14.6. The first-order valence-electron chi connectivity index (χ1n) is 8.40. The number of carbonyl (C=O) groups is 1. The number of amides is 1. The van der Waals surface area contributed by atoms with Crippen LogP contribution in [0.4, 0.5) is 4.39 Å². The quantitative estimate of drug-likeness (QED) is 0.847. The molecule has 1 amide bonds. The molecule has 5 heteroatoms. The summed E-state index contributed by atoms with van der Waals surface area (Å²) in [6.45, 7) is 7.41. The molecular weight excluding hydrogens is 305 g/mol. The Hall–Kier alpha value is -2.14. The van der Waals surface area contributed by atoms with E-state index in [1.165, 1.54) is 12.1 Å². The Balaban J connectivity index is 1.90. The van der Waals surface area contributed by atoms with Gasteiger partial charge in [-0.1, -0.05) is 0 Å². The van der Waals surface area contributed by atoms with E-state index in [0.717, 1.165) is 55.2 Å². The van der Waals surface area contributed by atoms with E-state index in [0.29, 0.717) is 0 Å². The van der Waals surface area contributed by atoms with Gasteiger partial charge >= 0.3 is 0 Å². The van der Waals surface area contributed by atoms with Gasteiger partial charge in [-0.2, -0.15) is 0 Å². The second-order valence-electron chi connectivity index (χ2n) is 6.55. The predicted octanol–water partition coefficient (Wildman–Crippen LogP) is 3.01. The average molecular weight is 329 g/mol. The molecule has 0 bridgehead atoms. The van der Waals surface area contributed by atoms with Gasteiger partial charge < -0.3 is 14.4 Å². The summed E-state index contributed by atoms with van der Waals surface area (Å²) in [5.74, 6) is -0.169. The summed E-state index contributed by atoms with van der Waals surface area (Å²) in [5, 5.41) is 0. The van der Waals surface area contributed by atoms with Gasteiger partial charge in [-0.3, -0.25) is 4.79 Å². The molecule has 24 heavy (non-hydrogen) atoms. The Bertz CT molecular complexity index is 736. The number of nitrogens with zero attached hydrogens (tertiary/aromatic N) is 3. The van der Waals surface area contributed by atoms with E-state index >= 15 is 0 Å². The van der Waals surface area contributed by atoms with Crippen molar-refractivity contribution < 1.29 is 9.18 Å². The number of likely N-dealkylation sites (N-methyl/N-ethyl adjacent to an activating group) is 1. The van der Waals surface area contributed by atoms with Crippen LogP contribution < -0.4 is 0 Å². The van der Waals surface area contributed by atoms with E-state index in [4.69, 9.17) is 0 Å². The number of carbonyl (C=O) groups excluding carboxylic acids is 1. The molecule has 0 N–H and O–H groups in total. The highest BCUT2D eigenvalue weighted by atomic mass is 19.1. The summed E-state index contributed by atoms with van der Waals surface area (Å²) in [5.41, 5.74) is 3.50. The van der Waals surface area contributed by atoms with Gasteiger partial charge in [0, 0.05) is 36.7 Å². The first-order chi connectivity index (χ1) is 11.5. The van der Waals surface area contributed by atoms with Gasteiger partial charge in [0.05, 0.1) is 5.56 Å². The van der Waals surface area contributed by atoms with Crippen molar-refractivity contribution in [2.75, 3.05) is 33.2 Å². The summed E-state index contributed by atoms with van der Waals surface area (Å²) in [7, 11) is 2.09. The van der Waals surface area contributed by atoms with E-state index in [1.807, 2.05) is 29.4 Å². The van der Waals surface area contributed by atoms with Crippen LogP contribution in [0.2, 0.25) is 0 Å². The van der Waals surface area contributed by atoms with Crippen molar-refractivity contribution in [2.24, 2.45) is 0 Å². The van der Waals surface area contributed by atoms with E-state index in [-0.39, 0.29) is 11.7 Å². The number of hydrogen-bond acceptors (Lipinski definition) is 2. The second kappa shape index (κ2) is 6.77. The van der Waals surface area contributed by atoms with Crippen LogP contribution in [0.15, 0.2) is 30.3 Å². The highest BCUT2D eigenvalue weighted by Crippen LogP contribution is 2.22. The van der Waals surface area contributed by atoms with Gasteiger partial charge in [0.15, 0.2) is 0 Å². The Morgan fingerprint density at radius 1 is 1.04 bits per heavy atom. The summed E-state index contributed by atoms with van der Waals surface area (Å²) < 4.78 is 15.2. The molecule has 0 saturated carbocycles. The fraction of sp³-hybridized carbons (Fsp3) is 0.421. The molecule has 2 heterocycles. The molecule has 1 saturated heterocycles. The fourth-order valence-electron chi connectivity index (χ4n) is 3.39. The van der Waals surface area contributed by atoms with Gasteiger partial charge in [0.2, 0.25) is 0 Å². The van der Waals surface area contributed by atoms with Crippen molar-refractivity contribution in [1.29, 1.82) is 0 Å². The van der Waals surface area contributed by atoms with Crippen molar-refractivity contribution in [2.45, 2.75) is 20.3 Å². The molecule has 128 valence electrons. The van der Waals surface area contributed by atoms with Gasteiger partial charge in [0.1, 0.15) is 5.82 Å². The van der Waals surface area contributed by atoms with Crippen molar-refractivity contribution >= 4 is 5.91 Å². The summed E-state index contributed by atoms with van der Waals surface area (Å²) in [6, 6.07) is 8.31. The van der Waals surface area contributed by atoms with Gasteiger partial charge in [-0.15, -0.1) is 0 Å². The van der Waals surface area contributed by atoms with Gasteiger partial charge in [-0.25, -0.2) is 4.39 Å². The lowest BCUT2D eigenvalue weighted by Gasteiger charge is -2.20. The lowest BCUT2D eigenvalue weighted by Crippen LogP contribution is -2.34. The highest BCUT2D eigenvalue weighted by molar-refractivity contribution is 5.96. The van der Waals surface area contributed by atoms with Crippen LogP contribution in [0.1, 0.15) is 28.2 Å². The fourth-order valence-corrected chi connectivity index (χ4v) is 3.39. The monoisotopic (exact) mass is 329 g/mol. The number of hydrogen-bond donors (Lipinski definition) is 0. The molecule has 0 atom stereocenters. The zero-order valence-electron chi connectivity index (χ0n) is 14.6. The number of aromatic nitrogens is 1. The third-order valence-corrected chi connectivity index (χ3v) is 4.75. The second-order valence-corrected chi connectivity index (χ2v) is 6.55. The molecule has 3 rings (SSSR count). The molecule has 1 aromatic carbocycles. The lowest BCUT2D eigenvalue weighted by atomic mass is 10.2. The SMILES string of the molecule is Cc1cc(C(=O)N2CCCN(C)CC2)c(C)n1-c1ccc(F)cc1. The lowest BCUT2D eigenvalue weighted by molar-refractivity contribution is 0.0762. The molecule has 0 spiro atoms. The van der Waals surface area contributed by atoms with E-state index in [9.17, 15) is 9.18 Å². The predicted molar refractivity (Wildman–Crippen MR) is 93.2 cm³/mol. The summed E-state index contributed by atoms with van der Waals surface area (Å²) in [4.78, 5) is 17.2. The van der Waals surface area contributed by atoms with Gasteiger partial charge in [0.25, 0.3) is 5.91 Å². The molecule has 1 fully saturated rings. The van der Waals surface area contributed by atoms with E-state index in [1.54, 1.807) is 12.1 Å². The van der Waals surface area contributed by atoms with Crippen molar-refractivity contribution in [3.63, 3.8) is 0 Å². The Kier molecular flexibility index (Phi) is 4.71. The Morgan fingerprint density at radius 2 is 1.75 bits per heavy atom. The Morgan fingerprint density at radius 3 is 2.46 bits per heavy atom. The van der Waals surface area contributed by atoms with Crippen LogP contribution in [0, 0.1) is 19.7 Å². The molecule has 4 nitrogen and oxygen atoms in total. The topological polar surface area (TPSA) is 28.5 Å². The maximum absolute atomic E-state index is 13.2. The van der Waals surface area contributed by atoms with Crippen LogP contribution in [0.25, 0.3) is 5.69 Å². The van der Waals surface area contributed by atoms with Crippen molar-refractivity contribution in [3.8, 4) is 5.69 Å².